The zero-order valence-electron chi connectivity index (χ0n) is 11.2. The maximum Gasteiger partial charge on any atom is 0.217 e. The van der Waals surface area contributed by atoms with Crippen LogP contribution in [0.15, 0.2) is 39.7 Å². The summed E-state index contributed by atoms with van der Waals surface area (Å²) >= 11 is 1.03. The highest BCUT2D eigenvalue weighted by molar-refractivity contribution is 7.73. The van der Waals surface area contributed by atoms with Crippen LogP contribution in [0.1, 0.15) is 12.0 Å². The Morgan fingerprint density at radius 1 is 1.50 bits per heavy atom. The van der Waals surface area contributed by atoms with Gasteiger partial charge in [-0.2, -0.15) is 13.7 Å². The molecule has 0 spiro atoms. The van der Waals surface area contributed by atoms with E-state index in [9.17, 15) is 12.8 Å². The van der Waals surface area contributed by atoms with Crippen LogP contribution < -0.4 is 5.73 Å². The first kappa shape index (κ1) is 15.9. The number of nitrogens with zero attached hydrogens (tertiary/aromatic N) is 3. The lowest BCUT2D eigenvalue weighted by atomic mass is 10.1. The number of nitrogen functional groups attached to an aromatic ring is 1. The number of anilines is 1. The molecule has 2 rings (SSSR count). The van der Waals surface area contributed by atoms with Gasteiger partial charge in [0.2, 0.25) is 10.3 Å². The van der Waals surface area contributed by atoms with E-state index in [1.165, 1.54) is 19.3 Å². The Morgan fingerprint density at radius 3 is 2.77 bits per heavy atom. The van der Waals surface area contributed by atoms with Gasteiger partial charge in [0.25, 0.3) is 0 Å². The molecule has 0 amide bonds. The molecule has 0 atom stereocenters. The van der Waals surface area contributed by atoms with Crippen molar-refractivity contribution in [3.05, 3.63) is 35.0 Å². The molecule has 0 radical (unpaired) electrons. The second kappa shape index (κ2) is 6.50. The van der Waals surface area contributed by atoms with E-state index in [0.29, 0.717) is 5.00 Å². The molecule has 0 aromatic carbocycles. The normalized spacial score (nSPS) is 15.0. The largest absolute Gasteiger partial charge is 0.492 e. The van der Waals surface area contributed by atoms with Gasteiger partial charge < -0.3 is 10.5 Å². The molecule has 0 saturated heterocycles. The topological polar surface area (TPSA) is 118 Å². The number of azo groups is 1. The summed E-state index contributed by atoms with van der Waals surface area (Å²) < 4.78 is 40.6. The van der Waals surface area contributed by atoms with Crippen LogP contribution in [0.4, 0.5) is 14.4 Å². The second-order valence-corrected chi connectivity index (χ2v) is 6.08. The molecule has 0 bridgehead atoms. The monoisotopic (exact) mass is 340 g/mol. The maximum absolute atomic E-state index is 13.8. The quantitative estimate of drug-likeness (QED) is 0.670. The van der Waals surface area contributed by atoms with Crippen molar-refractivity contribution in [2.24, 2.45) is 10.2 Å². The van der Waals surface area contributed by atoms with Gasteiger partial charge in [0, 0.05) is 6.42 Å². The van der Waals surface area contributed by atoms with E-state index in [4.69, 9.17) is 15.7 Å². The van der Waals surface area contributed by atoms with Crippen LogP contribution in [0, 0.1) is 11.3 Å². The van der Waals surface area contributed by atoms with Gasteiger partial charge in [0.05, 0.1) is 17.5 Å². The van der Waals surface area contributed by atoms with Crippen molar-refractivity contribution in [3.8, 4) is 6.07 Å². The van der Waals surface area contributed by atoms with Crippen molar-refractivity contribution < 1.29 is 17.5 Å². The fourth-order valence-electron chi connectivity index (χ4n) is 1.67. The number of hydrogen-bond donors (Lipinski definition) is 1. The summed E-state index contributed by atoms with van der Waals surface area (Å²) in [6.45, 7) is 0. The number of methoxy groups -OCH3 is 1. The number of rotatable bonds is 3. The lowest BCUT2D eigenvalue weighted by Crippen LogP contribution is -2.08. The summed E-state index contributed by atoms with van der Waals surface area (Å²) in [6.07, 6.45) is 0.791. The molecule has 1 heterocycles. The lowest BCUT2D eigenvalue weighted by Gasteiger charge is -2.12. The van der Waals surface area contributed by atoms with Crippen LogP contribution >= 0.6 is 11.3 Å². The third-order valence-corrected chi connectivity index (χ3v) is 4.19. The van der Waals surface area contributed by atoms with E-state index in [2.05, 4.69) is 10.2 Å². The smallest absolute Gasteiger partial charge is 0.217 e. The number of nitrogens with two attached hydrogens (primary N) is 1. The van der Waals surface area contributed by atoms with Crippen molar-refractivity contribution in [1.29, 1.82) is 5.26 Å². The van der Waals surface area contributed by atoms with E-state index in [0.717, 1.165) is 11.3 Å². The molecule has 22 heavy (non-hydrogen) atoms. The van der Waals surface area contributed by atoms with E-state index in [1.807, 2.05) is 6.07 Å². The first-order valence-electron chi connectivity index (χ1n) is 5.77. The molecule has 0 unspecified atom stereocenters. The van der Waals surface area contributed by atoms with Gasteiger partial charge in [-0.1, -0.05) is 11.3 Å². The van der Waals surface area contributed by atoms with E-state index < -0.39 is 16.1 Å². The summed E-state index contributed by atoms with van der Waals surface area (Å²) in [5.74, 6) is -0.926. The average molecular weight is 340 g/mol. The number of thiophene rings is 1. The molecule has 2 N–H and O–H groups in total. The highest BCUT2D eigenvalue weighted by atomic mass is 32.2. The molecule has 7 nitrogen and oxygen atoms in total. The fourth-order valence-corrected chi connectivity index (χ4v) is 2.82. The van der Waals surface area contributed by atoms with Crippen molar-refractivity contribution in [3.63, 3.8) is 0 Å². The van der Waals surface area contributed by atoms with Crippen molar-refractivity contribution >= 4 is 36.5 Å². The van der Waals surface area contributed by atoms with E-state index in [-0.39, 0.29) is 33.3 Å². The zero-order chi connectivity index (χ0) is 16.3. The molecule has 0 fully saturated rings. The summed E-state index contributed by atoms with van der Waals surface area (Å²) in [6, 6.07) is 3.32. The van der Waals surface area contributed by atoms with Crippen LogP contribution in [0.3, 0.4) is 0 Å². The highest BCUT2D eigenvalue weighted by Gasteiger charge is 2.21. The van der Waals surface area contributed by atoms with Crippen LogP contribution in [0.5, 0.6) is 0 Å². The Hall–Kier alpha value is -2.51. The maximum atomic E-state index is 13.8. The van der Waals surface area contributed by atoms with E-state index in [1.54, 1.807) is 0 Å². The van der Waals surface area contributed by atoms with Crippen LogP contribution in [-0.4, -0.2) is 20.4 Å². The molecule has 0 aliphatic heterocycles. The van der Waals surface area contributed by atoms with Gasteiger partial charge in [-0.25, -0.2) is 4.39 Å². The Bertz CT molecular complexity index is 880. The minimum Gasteiger partial charge on any atom is -0.492 e. The Kier molecular flexibility index (Phi) is 4.69. The van der Waals surface area contributed by atoms with Crippen molar-refractivity contribution in [2.45, 2.75) is 6.42 Å². The molecule has 1 aliphatic carbocycles. The number of ether oxygens (including phenoxy) is 1. The van der Waals surface area contributed by atoms with Gasteiger partial charge in [0.1, 0.15) is 27.6 Å². The molecular weight excluding hydrogens is 331 g/mol. The standard InChI is InChI=1S/C12H9FN4O3S2/c1-20-11-8(13)3-7(22(18)19)4-9(11)16-17-10-2-6(5-14)12(15)21-10/h2,4H,3,15H2,1H3. The summed E-state index contributed by atoms with van der Waals surface area (Å²) in [5.41, 5.74) is 5.80. The number of allylic oxidation sites excluding steroid dienone is 2. The fraction of sp³-hybridized carbons (Fsp3) is 0.167. The second-order valence-electron chi connectivity index (χ2n) is 4.02. The molecule has 10 heteroatoms. The summed E-state index contributed by atoms with van der Waals surface area (Å²) in [5, 5.41) is 17.1. The zero-order valence-corrected chi connectivity index (χ0v) is 12.8. The first-order chi connectivity index (χ1) is 10.5. The summed E-state index contributed by atoms with van der Waals surface area (Å²) in [7, 11) is -1.32. The first-order valence-corrected chi connectivity index (χ1v) is 7.66. The van der Waals surface area contributed by atoms with E-state index >= 15 is 0 Å². The highest BCUT2D eigenvalue weighted by Crippen LogP contribution is 2.33. The van der Waals surface area contributed by atoms with Crippen molar-refractivity contribution in [1.82, 2.24) is 0 Å². The molecule has 114 valence electrons. The minimum atomic E-state index is -2.56. The average Bonchev–Trinajstić information content (AvgIpc) is 2.84. The predicted octanol–water partition coefficient (Wildman–Crippen LogP) is 2.45. The lowest BCUT2D eigenvalue weighted by molar-refractivity contribution is 0.281. The minimum absolute atomic E-state index is 0.0593. The molecule has 1 aliphatic rings. The van der Waals surface area contributed by atoms with Crippen LogP contribution in [0.2, 0.25) is 0 Å². The Morgan fingerprint density at radius 2 is 2.23 bits per heavy atom. The van der Waals surface area contributed by atoms with Crippen molar-refractivity contribution in [2.75, 3.05) is 12.8 Å². The van der Waals surface area contributed by atoms with Gasteiger partial charge in [-0.05, 0) is 12.1 Å². The molecule has 1 aromatic heterocycles. The molecule has 0 saturated carbocycles. The predicted molar refractivity (Wildman–Crippen MR) is 79.7 cm³/mol. The van der Waals surface area contributed by atoms with Gasteiger partial charge in [-0.15, -0.1) is 10.2 Å². The number of halogens is 1. The van der Waals surface area contributed by atoms with Gasteiger partial charge >= 0.3 is 0 Å². The van der Waals surface area contributed by atoms with Crippen LogP contribution in [0.25, 0.3) is 0 Å². The van der Waals surface area contributed by atoms with Gasteiger partial charge in [-0.3, -0.25) is 0 Å². The third-order valence-electron chi connectivity index (χ3n) is 2.65. The SMILES string of the molecule is COC1=C(F)CC(=S(=O)=O)C=C1N=Nc1cc(C#N)c(N)s1. The van der Waals surface area contributed by atoms with Crippen LogP contribution in [-0.2, 0) is 15.0 Å². The number of hydrogen-bond acceptors (Lipinski definition) is 8. The Balaban J connectivity index is 2.42. The van der Waals surface area contributed by atoms with Gasteiger partial charge in [0.15, 0.2) is 5.76 Å². The molecule has 1 aromatic rings. The molecular formula is C12H9FN4O3S2. The Labute approximate surface area is 130 Å². The third kappa shape index (κ3) is 3.21. The number of nitriles is 1. The summed E-state index contributed by atoms with van der Waals surface area (Å²) in [4.78, 5) is -0.157.